The lowest BCUT2D eigenvalue weighted by atomic mass is 10.2. The van der Waals surface area contributed by atoms with E-state index in [4.69, 9.17) is 34.8 Å². The molecule has 19 heavy (non-hydrogen) atoms. The summed E-state index contributed by atoms with van der Waals surface area (Å²) < 4.78 is 40.4. The van der Waals surface area contributed by atoms with Crippen LogP contribution in [0.2, 0.25) is 15.1 Å². The van der Waals surface area contributed by atoms with E-state index in [1.165, 1.54) is 0 Å². The monoisotopic (exact) mass is 333 g/mol. The highest BCUT2D eigenvalue weighted by molar-refractivity contribution is 6.47. The van der Waals surface area contributed by atoms with Crippen molar-refractivity contribution in [3.05, 3.63) is 21.1 Å². The molecule has 2 nitrogen and oxygen atoms in total. The second-order valence-electron chi connectivity index (χ2n) is 4.08. The van der Waals surface area contributed by atoms with Gasteiger partial charge in [0.2, 0.25) is 0 Å². The second kappa shape index (κ2) is 5.46. The van der Waals surface area contributed by atoms with Gasteiger partial charge in [0.25, 0.3) is 0 Å². The van der Waals surface area contributed by atoms with Crippen molar-refractivity contribution in [3.63, 3.8) is 0 Å². The highest BCUT2D eigenvalue weighted by atomic mass is 35.5. The van der Waals surface area contributed by atoms with E-state index in [0.717, 1.165) is 32.0 Å². The Bertz CT molecular complexity index is 487. The Kier molecular flexibility index (Phi) is 4.28. The summed E-state index contributed by atoms with van der Waals surface area (Å²) in [6.07, 6.45) is -2.89. The van der Waals surface area contributed by atoms with Crippen LogP contribution in [0.1, 0.15) is 12.8 Å². The van der Waals surface area contributed by atoms with Gasteiger partial charge in [-0.3, -0.25) is 0 Å². The predicted molar refractivity (Wildman–Crippen MR) is 69.6 cm³/mol. The van der Waals surface area contributed by atoms with Gasteiger partial charge in [0.15, 0.2) is 5.75 Å². The lowest BCUT2D eigenvalue weighted by Gasteiger charge is -2.22. The maximum atomic E-state index is 12.2. The average molecular weight is 335 g/mol. The fourth-order valence-electron chi connectivity index (χ4n) is 1.99. The molecule has 0 unspecified atom stereocenters. The second-order valence-corrected chi connectivity index (χ2v) is 5.24. The number of anilines is 1. The van der Waals surface area contributed by atoms with Crippen LogP contribution in [-0.4, -0.2) is 19.5 Å². The fourth-order valence-corrected chi connectivity index (χ4v) is 2.85. The highest BCUT2D eigenvalue weighted by Crippen LogP contribution is 2.46. The normalized spacial score (nSPS) is 16.0. The van der Waals surface area contributed by atoms with Gasteiger partial charge < -0.3 is 9.64 Å². The maximum absolute atomic E-state index is 12.2. The van der Waals surface area contributed by atoms with Crippen molar-refractivity contribution in [3.8, 4) is 5.75 Å². The lowest BCUT2D eigenvalue weighted by Crippen LogP contribution is -2.20. The first-order chi connectivity index (χ1) is 8.79. The molecule has 1 aliphatic heterocycles. The number of nitrogens with zero attached hydrogens (tertiary/aromatic N) is 1. The summed E-state index contributed by atoms with van der Waals surface area (Å²) in [5, 5.41) is -0.212. The summed E-state index contributed by atoms with van der Waals surface area (Å²) in [5.41, 5.74) is 0.459. The van der Waals surface area contributed by atoms with Gasteiger partial charge in [-0.05, 0) is 12.8 Å². The summed E-state index contributed by atoms with van der Waals surface area (Å²) >= 11 is 17.8. The molecule has 2 rings (SSSR count). The maximum Gasteiger partial charge on any atom is 0.573 e. The van der Waals surface area contributed by atoms with Gasteiger partial charge in [-0.25, -0.2) is 0 Å². The van der Waals surface area contributed by atoms with Crippen LogP contribution in [0.5, 0.6) is 5.75 Å². The van der Waals surface area contributed by atoms with E-state index in [1.54, 1.807) is 0 Å². The van der Waals surface area contributed by atoms with E-state index in [1.807, 2.05) is 4.90 Å². The van der Waals surface area contributed by atoms with Crippen molar-refractivity contribution in [2.75, 3.05) is 18.0 Å². The summed E-state index contributed by atoms with van der Waals surface area (Å²) in [7, 11) is 0. The van der Waals surface area contributed by atoms with Crippen molar-refractivity contribution in [1.29, 1.82) is 0 Å². The van der Waals surface area contributed by atoms with Crippen molar-refractivity contribution in [2.24, 2.45) is 0 Å². The predicted octanol–water partition coefficient (Wildman–Crippen LogP) is 5.15. The standard InChI is InChI=1S/C11H9Cl3F3NO/c12-6-5-7(19-11(15,16)17)8(13)9(14)10(6)18-3-1-2-4-18/h5H,1-4H2. The zero-order chi connectivity index (χ0) is 14.2. The Morgan fingerprint density at radius 1 is 1.05 bits per heavy atom. The van der Waals surface area contributed by atoms with Crippen LogP contribution in [-0.2, 0) is 0 Å². The number of hydrogen-bond acceptors (Lipinski definition) is 2. The summed E-state index contributed by atoms with van der Waals surface area (Å²) in [6, 6.07) is 1.04. The number of benzene rings is 1. The van der Waals surface area contributed by atoms with Gasteiger partial charge in [-0.1, -0.05) is 34.8 Å². The molecule has 0 spiro atoms. The molecule has 8 heteroatoms. The molecule has 0 N–H and O–H groups in total. The molecule has 1 aromatic carbocycles. The van der Waals surface area contributed by atoms with Crippen molar-refractivity contribution >= 4 is 40.5 Å². The van der Waals surface area contributed by atoms with Gasteiger partial charge in [0.05, 0.1) is 15.7 Å². The van der Waals surface area contributed by atoms with E-state index in [9.17, 15) is 13.2 Å². The molecule has 1 heterocycles. The van der Waals surface area contributed by atoms with Gasteiger partial charge >= 0.3 is 6.36 Å². The smallest absolute Gasteiger partial charge is 0.404 e. The number of ether oxygens (including phenoxy) is 1. The topological polar surface area (TPSA) is 12.5 Å². The highest BCUT2D eigenvalue weighted by Gasteiger charge is 2.33. The van der Waals surface area contributed by atoms with E-state index in [0.29, 0.717) is 5.69 Å². The van der Waals surface area contributed by atoms with Crippen LogP contribution in [0.4, 0.5) is 18.9 Å². The first kappa shape index (κ1) is 14.9. The third-order valence-electron chi connectivity index (χ3n) is 2.75. The Morgan fingerprint density at radius 2 is 1.63 bits per heavy atom. The van der Waals surface area contributed by atoms with E-state index in [-0.39, 0.29) is 15.1 Å². The first-order valence-corrected chi connectivity index (χ1v) is 6.61. The molecule has 1 saturated heterocycles. The number of rotatable bonds is 2. The van der Waals surface area contributed by atoms with Crippen LogP contribution in [0.15, 0.2) is 6.07 Å². The van der Waals surface area contributed by atoms with Crippen LogP contribution in [0.25, 0.3) is 0 Å². The third kappa shape index (κ3) is 3.33. The largest absolute Gasteiger partial charge is 0.573 e. The number of alkyl halides is 3. The molecule has 0 amide bonds. The molecule has 0 aliphatic carbocycles. The van der Waals surface area contributed by atoms with E-state index >= 15 is 0 Å². The lowest BCUT2D eigenvalue weighted by molar-refractivity contribution is -0.274. The molecular formula is C11H9Cl3F3NO. The van der Waals surface area contributed by atoms with Gasteiger partial charge in [0.1, 0.15) is 5.02 Å². The molecular weight excluding hydrogens is 325 g/mol. The Morgan fingerprint density at radius 3 is 2.16 bits per heavy atom. The summed E-state index contributed by atoms with van der Waals surface area (Å²) in [6.45, 7) is 1.49. The van der Waals surface area contributed by atoms with Crippen LogP contribution < -0.4 is 9.64 Å². The molecule has 0 bridgehead atoms. The molecule has 0 saturated carbocycles. The molecule has 0 atom stereocenters. The quantitative estimate of drug-likeness (QED) is 0.694. The van der Waals surface area contributed by atoms with Gasteiger partial charge in [-0.15, -0.1) is 13.2 Å². The zero-order valence-corrected chi connectivity index (χ0v) is 11.8. The summed E-state index contributed by atoms with van der Waals surface area (Å²) in [5.74, 6) is -0.591. The van der Waals surface area contributed by atoms with Gasteiger partial charge in [0, 0.05) is 19.2 Å². The molecule has 1 fully saturated rings. The van der Waals surface area contributed by atoms with Crippen LogP contribution >= 0.6 is 34.8 Å². The Labute approximate surface area is 123 Å². The Hall–Kier alpha value is -0.520. The zero-order valence-electron chi connectivity index (χ0n) is 9.53. The minimum atomic E-state index is -4.84. The van der Waals surface area contributed by atoms with Crippen molar-refractivity contribution in [1.82, 2.24) is 0 Å². The molecule has 1 aliphatic rings. The minimum Gasteiger partial charge on any atom is -0.404 e. The minimum absolute atomic E-state index is 0.0182. The first-order valence-electron chi connectivity index (χ1n) is 5.48. The van der Waals surface area contributed by atoms with E-state index in [2.05, 4.69) is 4.74 Å². The average Bonchev–Trinajstić information content (AvgIpc) is 2.77. The van der Waals surface area contributed by atoms with Crippen LogP contribution in [0, 0.1) is 0 Å². The van der Waals surface area contributed by atoms with Gasteiger partial charge in [-0.2, -0.15) is 0 Å². The van der Waals surface area contributed by atoms with E-state index < -0.39 is 12.1 Å². The SMILES string of the molecule is FC(F)(F)Oc1cc(Cl)c(N2CCCC2)c(Cl)c1Cl. The van der Waals surface area contributed by atoms with Crippen LogP contribution in [0.3, 0.4) is 0 Å². The molecule has 1 aromatic rings. The Balaban J connectivity index is 2.41. The van der Waals surface area contributed by atoms with Crippen molar-refractivity contribution < 1.29 is 17.9 Å². The fraction of sp³-hybridized carbons (Fsp3) is 0.455. The molecule has 0 aromatic heterocycles. The number of hydrogen-bond donors (Lipinski definition) is 0. The van der Waals surface area contributed by atoms with Crippen molar-refractivity contribution in [2.45, 2.75) is 19.2 Å². The molecule has 0 radical (unpaired) electrons. The number of halogens is 6. The third-order valence-corrected chi connectivity index (χ3v) is 3.88. The summed E-state index contributed by atoms with van der Waals surface area (Å²) in [4.78, 5) is 1.90. The molecule has 106 valence electrons.